The van der Waals surface area contributed by atoms with Gasteiger partial charge in [-0.25, -0.2) is 0 Å². The second-order valence-corrected chi connectivity index (χ2v) is 1.46. The zero-order valence-electron chi connectivity index (χ0n) is 3.33. The number of rotatable bonds is 0. The van der Waals surface area contributed by atoms with Crippen molar-refractivity contribution in [2.24, 2.45) is 0 Å². The monoisotopic (exact) mass is 87.1 g/mol. The van der Waals surface area contributed by atoms with Gasteiger partial charge in [0.25, 0.3) is 0 Å². The summed E-state index contributed by atoms with van der Waals surface area (Å²) in [5.41, 5.74) is 0. The Labute approximate surface area is 39.7 Å². The molecule has 6 heavy (non-hydrogen) atoms. The van der Waals surface area contributed by atoms with E-state index in [0.29, 0.717) is 0 Å². The Balaban J connectivity index is 0.000000250. The Hall–Kier alpha value is -0.0400. The van der Waals surface area contributed by atoms with Crippen LogP contribution in [0.2, 0.25) is 0 Å². The minimum absolute atomic E-state index is 0. The van der Waals surface area contributed by atoms with Gasteiger partial charge >= 0.3 is 0 Å². The predicted octanol–water partition coefficient (Wildman–Crippen LogP) is 1.01. The van der Waals surface area contributed by atoms with Gasteiger partial charge in [0.2, 0.25) is 0 Å². The Kier molecular flexibility index (Phi) is 3.14. The Morgan fingerprint density at radius 3 is 1.67 bits per heavy atom. The molecule has 0 bridgehead atoms. The van der Waals surface area contributed by atoms with Crippen molar-refractivity contribution in [2.45, 2.75) is 20.3 Å². The third kappa shape index (κ3) is 1.41. The number of hydrogen-bond donors (Lipinski definition) is 1. The van der Waals surface area contributed by atoms with Crippen molar-refractivity contribution in [1.29, 1.82) is 0 Å². The molecule has 0 aromatic carbocycles. The van der Waals surface area contributed by atoms with Gasteiger partial charge in [0.1, 0.15) is 0 Å². The molecule has 1 nitrogen and oxygen atoms in total. The minimum Gasteiger partial charge on any atom is -0.317 e. The van der Waals surface area contributed by atoms with Crippen LogP contribution in [0.25, 0.3) is 0 Å². The standard InChI is InChI=1S/C4H9N.CH4/c1-2-4-5-3-1;/h5H,1-4H2;1H4. The summed E-state index contributed by atoms with van der Waals surface area (Å²) in [6.45, 7) is 2.50. The van der Waals surface area contributed by atoms with E-state index >= 15 is 0 Å². The molecule has 0 saturated carbocycles. The molecule has 0 spiro atoms. The SMILES string of the molecule is C.C1CCNC1. The lowest BCUT2D eigenvalue weighted by atomic mass is 10.4. The lowest BCUT2D eigenvalue weighted by molar-refractivity contribution is 0.857. The van der Waals surface area contributed by atoms with E-state index in [-0.39, 0.29) is 7.43 Å². The van der Waals surface area contributed by atoms with E-state index in [1.165, 1.54) is 25.9 Å². The molecule has 1 heterocycles. The van der Waals surface area contributed by atoms with Crippen molar-refractivity contribution in [2.75, 3.05) is 13.1 Å². The molecule has 1 rings (SSSR count). The molecule has 1 aliphatic rings. The molecule has 38 valence electrons. The van der Waals surface area contributed by atoms with Crippen LogP contribution in [-0.4, -0.2) is 13.1 Å². The van der Waals surface area contributed by atoms with Crippen LogP contribution in [0.15, 0.2) is 0 Å². The minimum atomic E-state index is 0. The van der Waals surface area contributed by atoms with Gasteiger partial charge in [0, 0.05) is 0 Å². The lowest BCUT2D eigenvalue weighted by Crippen LogP contribution is -2.03. The van der Waals surface area contributed by atoms with Gasteiger partial charge < -0.3 is 5.32 Å². The molecule has 0 aliphatic carbocycles. The van der Waals surface area contributed by atoms with Gasteiger partial charge in [-0.1, -0.05) is 7.43 Å². The molecule has 0 aromatic rings. The highest BCUT2D eigenvalue weighted by molar-refractivity contribution is 4.55. The molecule has 0 amide bonds. The first-order valence-corrected chi connectivity index (χ1v) is 2.21. The quantitative estimate of drug-likeness (QED) is 0.465. The molecule has 0 atom stereocenters. The van der Waals surface area contributed by atoms with Crippen molar-refractivity contribution in [1.82, 2.24) is 5.32 Å². The molecule has 1 saturated heterocycles. The Morgan fingerprint density at radius 1 is 1.00 bits per heavy atom. The average Bonchev–Trinajstić information content (AvgIpc) is 1.76. The van der Waals surface area contributed by atoms with E-state index in [1.807, 2.05) is 0 Å². The number of hydrogen-bond acceptors (Lipinski definition) is 1. The molecule has 1 heteroatoms. The van der Waals surface area contributed by atoms with Crippen molar-refractivity contribution < 1.29 is 0 Å². The molecular formula is C5H13N. The highest BCUT2D eigenvalue weighted by Crippen LogP contribution is 1.90. The summed E-state index contributed by atoms with van der Waals surface area (Å²) in [6, 6.07) is 0. The summed E-state index contributed by atoms with van der Waals surface area (Å²) >= 11 is 0. The van der Waals surface area contributed by atoms with Crippen LogP contribution in [0.5, 0.6) is 0 Å². The second kappa shape index (κ2) is 3.16. The molecule has 0 radical (unpaired) electrons. The fourth-order valence-corrected chi connectivity index (χ4v) is 0.625. The van der Waals surface area contributed by atoms with Gasteiger partial charge in [0.15, 0.2) is 0 Å². The van der Waals surface area contributed by atoms with Gasteiger partial charge in [-0.2, -0.15) is 0 Å². The summed E-state index contributed by atoms with van der Waals surface area (Å²) in [4.78, 5) is 0. The van der Waals surface area contributed by atoms with E-state index in [1.54, 1.807) is 0 Å². The van der Waals surface area contributed by atoms with Gasteiger partial charge in [-0.15, -0.1) is 0 Å². The van der Waals surface area contributed by atoms with E-state index in [9.17, 15) is 0 Å². The van der Waals surface area contributed by atoms with E-state index < -0.39 is 0 Å². The van der Waals surface area contributed by atoms with E-state index in [2.05, 4.69) is 5.32 Å². The predicted molar refractivity (Wildman–Crippen MR) is 28.8 cm³/mol. The smallest absolute Gasteiger partial charge is 0.00484 e. The topological polar surface area (TPSA) is 12.0 Å². The van der Waals surface area contributed by atoms with Crippen molar-refractivity contribution in [3.63, 3.8) is 0 Å². The lowest BCUT2D eigenvalue weighted by Gasteiger charge is -1.76. The summed E-state index contributed by atoms with van der Waals surface area (Å²) in [7, 11) is 0. The van der Waals surface area contributed by atoms with Crippen LogP contribution >= 0.6 is 0 Å². The molecule has 1 aliphatic heterocycles. The highest BCUT2D eigenvalue weighted by atomic mass is 14.9. The van der Waals surface area contributed by atoms with Crippen LogP contribution in [0, 0.1) is 0 Å². The zero-order chi connectivity index (χ0) is 3.54. The first-order valence-electron chi connectivity index (χ1n) is 2.21. The van der Waals surface area contributed by atoms with Crippen LogP contribution in [0.4, 0.5) is 0 Å². The average molecular weight is 87.2 g/mol. The Bertz CT molecular complexity index is 15.5. The molecular weight excluding hydrogens is 74.1 g/mol. The molecule has 1 fully saturated rings. The zero-order valence-corrected chi connectivity index (χ0v) is 3.33. The summed E-state index contributed by atoms with van der Waals surface area (Å²) < 4.78 is 0. The van der Waals surface area contributed by atoms with Gasteiger partial charge in [-0.05, 0) is 25.9 Å². The summed E-state index contributed by atoms with van der Waals surface area (Å²) in [6.07, 6.45) is 2.78. The maximum Gasteiger partial charge on any atom is -0.00484 e. The summed E-state index contributed by atoms with van der Waals surface area (Å²) in [5.74, 6) is 0. The van der Waals surface area contributed by atoms with Crippen LogP contribution < -0.4 is 5.32 Å². The third-order valence-corrected chi connectivity index (χ3v) is 0.957. The highest BCUT2D eigenvalue weighted by Gasteiger charge is 1.93. The van der Waals surface area contributed by atoms with E-state index in [0.717, 1.165) is 0 Å². The summed E-state index contributed by atoms with van der Waals surface area (Å²) in [5, 5.41) is 3.22. The maximum atomic E-state index is 3.22. The van der Waals surface area contributed by atoms with Gasteiger partial charge in [-0.3, -0.25) is 0 Å². The first kappa shape index (κ1) is 5.96. The normalized spacial score (nSPS) is 20.0. The van der Waals surface area contributed by atoms with Crippen LogP contribution in [0.3, 0.4) is 0 Å². The van der Waals surface area contributed by atoms with E-state index in [4.69, 9.17) is 0 Å². The largest absolute Gasteiger partial charge is 0.317 e. The van der Waals surface area contributed by atoms with Crippen LogP contribution in [0.1, 0.15) is 20.3 Å². The third-order valence-electron chi connectivity index (χ3n) is 0.957. The van der Waals surface area contributed by atoms with Crippen molar-refractivity contribution >= 4 is 0 Å². The van der Waals surface area contributed by atoms with Crippen LogP contribution in [-0.2, 0) is 0 Å². The molecule has 0 unspecified atom stereocenters. The second-order valence-electron chi connectivity index (χ2n) is 1.46. The first-order chi connectivity index (χ1) is 2.50. The van der Waals surface area contributed by atoms with Crippen molar-refractivity contribution in [3.8, 4) is 0 Å². The molecule has 0 aromatic heterocycles. The maximum absolute atomic E-state index is 3.22. The van der Waals surface area contributed by atoms with Crippen molar-refractivity contribution in [3.05, 3.63) is 0 Å². The fraction of sp³-hybridized carbons (Fsp3) is 1.00. The molecule has 1 N–H and O–H groups in total. The fourth-order valence-electron chi connectivity index (χ4n) is 0.625. The van der Waals surface area contributed by atoms with Gasteiger partial charge in [0.05, 0.1) is 0 Å². The Morgan fingerprint density at radius 2 is 1.50 bits per heavy atom. The number of nitrogens with one attached hydrogen (secondary N) is 1.